The number of phenols is 2. The lowest BCUT2D eigenvalue weighted by Gasteiger charge is -2.08. The van der Waals surface area contributed by atoms with Gasteiger partial charge in [0.1, 0.15) is 16.9 Å². The lowest BCUT2D eigenvalue weighted by Crippen LogP contribution is -2.26. The molecule has 0 atom stereocenters. The first kappa shape index (κ1) is 23.0. The number of aromatic hydroxyl groups is 2. The van der Waals surface area contributed by atoms with E-state index < -0.39 is 0 Å². The number of carbonyl (C=O) groups is 1. The summed E-state index contributed by atoms with van der Waals surface area (Å²) in [6, 6.07) is 11.6. The number of nitrogen functional groups attached to an aromatic ring is 1. The Morgan fingerprint density at radius 3 is 2.62 bits per heavy atom. The second-order valence-electron chi connectivity index (χ2n) is 7.98. The quantitative estimate of drug-likeness (QED) is 0.179. The van der Waals surface area contributed by atoms with Crippen molar-refractivity contribution in [1.29, 1.82) is 0 Å². The highest BCUT2D eigenvalue weighted by atomic mass is 16.5. The van der Waals surface area contributed by atoms with Crippen LogP contribution in [-0.4, -0.2) is 56.2 Å². The van der Waals surface area contributed by atoms with Crippen molar-refractivity contribution < 1.29 is 19.7 Å². The summed E-state index contributed by atoms with van der Waals surface area (Å²) in [7, 11) is 0. The topological polar surface area (TPSA) is 148 Å². The molecular formula is C24H26N6O4. The summed E-state index contributed by atoms with van der Waals surface area (Å²) in [6.45, 7) is 4.85. The minimum absolute atomic E-state index is 0.0838. The highest BCUT2D eigenvalue weighted by Crippen LogP contribution is 2.28. The van der Waals surface area contributed by atoms with Gasteiger partial charge in [-0.1, -0.05) is 12.1 Å². The molecule has 4 aromatic rings. The number of aromatic nitrogens is 3. The lowest BCUT2D eigenvalue weighted by atomic mass is 10.2. The minimum atomic E-state index is -0.382. The van der Waals surface area contributed by atoms with Crippen molar-refractivity contribution in [3.8, 4) is 11.5 Å². The second kappa shape index (κ2) is 9.75. The number of rotatable bonds is 8. The maximum atomic E-state index is 13.1. The van der Waals surface area contributed by atoms with Crippen molar-refractivity contribution in [2.75, 3.05) is 18.9 Å². The standard InChI is InChI=1S/C24H26N6O4/c1-14(2)34-11-5-10-26-24(33)20-21-23(29-17-7-4-3-6-16(17)28-21)30(22(20)25)27-13-15-8-9-18(31)19(32)12-15/h3-4,6-9,12-14,31-32H,5,10-11,25H2,1-2H3,(H,26,33)/b27-13+. The third-order valence-electron chi connectivity index (χ3n) is 5.08. The van der Waals surface area contributed by atoms with Crippen LogP contribution < -0.4 is 11.1 Å². The molecule has 0 fully saturated rings. The molecule has 10 nitrogen and oxygen atoms in total. The molecule has 1 amide bonds. The summed E-state index contributed by atoms with van der Waals surface area (Å²) in [5.41, 5.74) is 8.97. The maximum absolute atomic E-state index is 13.1. The summed E-state index contributed by atoms with van der Waals surface area (Å²) in [5.74, 6) is -0.812. The van der Waals surface area contributed by atoms with E-state index in [1.165, 1.54) is 23.0 Å². The second-order valence-corrected chi connectivity index (χ2v) is 7.98. The van der Waals surface area contributed by atoms with Crippen molar-refractivity contribution in [2.45, 2.75) is 26.4 Å². The normalized spacial score (nSPS) is 11.7. The zero-order valence-corrected chi connectivity index (χ0v) is 18.9. The monoisotopic (exact) mass is 462 g/mol. The molecule has 0 aliphatic heterocycles. The number of fused-ring (bicyclic) bond motifs is 2. The molecule has 0 aliphatic carbocycles. The Bertz CT molecular complexity index is 1380. The van der Waals surface area contributed by atoms with Gasteiger partial charge in [-0.25, -0.2) is 9.97 Å². The first-order chi connectivity index (χ1) is 16.3. The van der Waals surface area contributed by atoms with Crippen LogP contribution in [0.1, 0.15) is 36.2 Å². The lowest BCUT2D eigenvalue weighted by molar-refractivity contribution is 0.0757. The smallest absolute Gasteiger partial charge is 0.257 e. The Balaban J connectivity index is 1.72. The Morgan fingerprint density at radius 2 is 1.91 bits per heavy atom. The molecular weight excluding hydrogens is 436 g/mol. The van der Waals surface area contributed by atoms with Crippen molar-refractivity contribution in [2.24, 2.45) is 5.10 Å². The number of hydrogen-bond donors (Lipinski definition) is 4. The van der Waals surface area contributed by atoms with Crippen molar-refractivity contribution in [1.82, 2.24) is 20.0 Å². The van der Waals surface area contributed by atoms with E-state index in [1.54, 1.807) is 6.07 Å². The van der Waals surface area contributed by atoms with Crippen LogP contribution in [0.25, 0.3) is 22.2 Å². The van der Waals surface area contributed by atoms with Gasteiger partial charge in [0.15, 0.2) is 17.1 Å². The Kier molecular flexibility index (Phi) is 6.60. The summed E-state index contributed by atoms with van der Waals surface area (Å²) in [6.07, 6.45) is 2.22. The molecule has 0 saturated carbocycles. The maximum Gasteiger partial charge on any atom is 0.257 e. The van der Waals surface area contributed by atoms with E-state index in [9.17, 15) is 15.0 Å². The molecule has 34 heavy (non-hydrogen) atoms. The van der Waals surface area contributed by atoms with Crippen molar-refractivity contribution >= 4 is 40.1 Å². The summed E-state index contributed by atoms with van der Waals surface area (Å²) < 4.78 is 6.85. The van der Waals surface area contributed by atoms with Gasteiger partial charge in [-0.2, -0.15) is 9.78 Å². The Hall–Kier alpha value is -4.18. The Labute approximate surface area is 195 Å². The van der Waals surface area contributed by atoms with Crippen LogP contribution in [0.4, 0.5) is 5.82 Å². The van der Waals surface area contributed by atoms with Gasteiger partial charge in [-0.3, -0.25) is 4.79 Å². The number of benzene rings is 2. The number of nitrogens with two attached hydrogens (primary N) is 1. The number of carbonyl (C=O) groups excluding carboxylic acids is 1. The van der Waals surface area contributed by atoms with Gasteiger partial charge in [0.25, 0.3) is 5.91 Å². The number of nitrogens with one attached hydrogen (secondary N) is 1. The predicted octanol–water partition coefficient (Wildman–Crippen LogP) is 3.01. The van der Waals surface area contributed by atoms with E-state index in [2.05, 4.69) is 20.4 Å². The number of para-hydroxylation sites is 2. The van der Waals surface area contributed by atoms with Gasteiger partial charge >= 0.3 is 0 Å². The zero-order chi connectivity index (χ0) is 24.2. The number of nitrogens with zero attached hydrogens (tertiary/aromatic N) is 4. The molecule has 2 aromatic heterocycles. The summed E-state index contributed by atoms with van der Waals surface area (Å²) >= 11 is 0. The van der Waals surface area contributed by atoms with Crippen LogP contribution in [0.5, 0.6) is 11.5 Å². The number of hydrogen-bond acceptors (Lipinski definition) is 8. The fourth-order valence-corrected chi connectivity index (χ4v) is 3.41. The van der Waals surface area contributed by atoms with E-state index in [4.69, 9.17) is 10.5 Å². The van der Waals surface area contributed by atoms with Gasteiger partial charge in [0.05, 0.1) is 23.4 Å². The molecule has 2 aromatic carbocycles. The molecule has 0 saturated heterocycles. The number of ether oxygens (including phenoxy) is 1. The summed E-state index contributed by atoms with van der Waals surface area (Å²) in [4.78, 5) is 22.3. The average Bonchev–Trinajstić information content (AvgIpc) is 3.07. The largest absolute Gasteiger partial charge is 0.504 e. The SMILES string of the molecule is CC(C)OCCCNC(=O)c1c(N)n(/N=C/c2ccc(O)c(O)c2)c2nc3ccccc3nc12. The Morgan fingerprint density at radius 1 is 1.18 bits per heavy atom. The third kappa shape index (κ3) is 4.76. The van der Waals surface area contributed by atoms with Gasteiger partial charge in [-0.15, -0.1) is 0 Å². The van der Waals surface area contributed by atoms with E-state index in [0.29, 0.717) is 47.3 Å². The minimum Gasteiger partial charge on any atom is -0.504 e. The van der Waals surface area contributed by atoms with Gasteiger partial charge < -0.3 is 26.0 Å². The van der Waals surface area contributed by atoms with Crippen molar-refractivity contribution in [3.05, 3.63) is 53.6 Å². The van der Waals surface area contributed by atoms with Crippen LogP contribution in [0, 0.1) is 0 Å². The van der Waals surface area contributed by atoms with Gasteiger partial charge in [0, 0.05) is 13.2 Å². The molecule has 5 N–H and O–H groups in total. The molecule has 0 bridgehead atoms. The molecule has 10 heteroatoms. The van der Waals surface area contributed by atoms with Crippen LogP contribution in [0.15, 0.2) is 47.6 Å². The predicted molar refractivity (Wildman–Crippen MR) is 130 cm³/mol. The number of anilines is 1. The summed E-state index contributed by atoms with van der Waals surface area (Å²) in [5, 5.41) is 26.5. The molecule has 0 aliphatic rings. The van der Waals surface area contributed by atoms with E-state index in [0.717, 1.165) is 0 Å². The van der Waals surface area contributed by atoms with Crippen LogP contribution in [0.3, 0.4) is 0 Å². The highest BCUT2D eigenvalue weighted by molar-refractivity contribution is 6.10. The van der Waals surface area contributed by atoms with E-state index in [-0.39, 0.29) is 34.9 Å². The van der Waals surface area contributed by atoms with Gasteiger partial charge in [-0.05, 0) is 56.2 Å². The first-order valence-electron chi connectivity index (χ1n) is 10.9. The van der Waals surface area contributed by atoms with E-state index in [1.807, 2.05) is 38.1 Å². The molecule has 0 unspecified atom stereocenters. The molecule has 0 radical (unpaired) electrons. The molecule has 0 spiro atoms. The van der Waals surface area contributed by atoms with Crippen LogP contribution in [0.2, 0.25) is 0 Å². The first-order valence-corrected chi connectivity index (χ1v) is 10.9. The van der Waals surface area contributed by atoms with Crippen LogP contribution in [-0.2, 0) is 4.74 Å². The molecule has 176 valence electrons. The average molecular weight is 463 g/mol. The van der Waals surface area contributed by atoms with Crippen LogP contribution >= 0.6 is 0 Å². The number of amides is 1. The fraction of sp³-hybridized carbons (Fsp3) is 0.250. The zero-order valence-electron chi connectivity index (χ0n) is 18.9. The molecule has 2 heterocycles. The van der Waals surface area contributed by atoms with Crippen molar-refractivity contribution in [3.63, 3.8) is 0 Å². The third-order valence-corrected chi connectivity index (χ3v) is 5.08. The fourth-order valence-electron chi connectivity index (χ4n) is 3.41. The van der Waals surface area contributed by atoms with E-state index >= 15 is 0 Å². The molecule has 4 rings (SSSR count). The van der Waals surface area contributed by atoms with Gasteiger partial charge in [0.2, 0.25) is 0 Å². The number of phenolic OH excluding ortho intramolecular Hbond substituents is 2. The highest BCUT2D eigenvalue weighted by Gasteiger charge is 2.23.